The van der Waals surface area contributed by atoms with Crippen molar-refractivity contribution in [1.29, 1.82) is 0 Å². The van der Waals surface area contributed by atoms with Crippen LogP contribution in [0, 0.1) is 0 Å². The number of hydrogen-bond donors (Lipinski definition) is 1. The number of nitrogens with one attached hydrogen (secondary N) is 1. The number of fused-ring (bicyclic) bond motifs is 1. The lowest BCUT2D eigenvalue weighted by atomic mass is 9.99. The number of aromatic nitrogens is 3. The molecular formula is C20H24N4OS. The van der Waals surface area contributed by atoms with Gasteiger partial charge in [-0.25, -0.2) is 9.97 Å². The summed E-state index contributed by atoms with van der Waals surface area (Å²) in [7, 11) is 1.79. The Bertz CT molecular complexity index is 968. The van der Waals surface area contributed by atoms with Crippen LogP contribution in [0.5, 0.6) is 0 Å². The monoisotopic (exact) mass is 368 g/mol. The summed E-state index contributed by atoms with van der Waals surface area (Å²) in [4.78, 5) is 21.8. The van der Waals surface area contributed by atoms with E-state index in [1.807, 2.05) is 36.7 Å². The molecule has 3 rings (SSSR count). The number of rotatable bonds is 7. The van der Waals surface area contributed by atoms with Gasteiger partial charge in [0.05, 0.1) is 5.69 Å². The third-order valence-electron chi connectivity index (χ3n) is 4.32. The summed E-state index contributed by atoms with van der Waals surface area (Å²) in [6.45, 7) is 4.25. The molecule has 0 bridgehead atoms. The van der Waals surface area contributed by atoms with Gasteiger partial charge in [-0.2, -0.15) is 0 Å². The minimum Gasteiger partial charge on any atom is -0.317 e. The molecule has 1 N–H and O–H groups in total. The number of hydrogen-bond acceptors (Lipinski definition) is 5. The number of pyridine rings is 1. The van der Waals surface area contributed by atoms with Gasteiger partial charge in [-0.05, 0) is 29.9 Å². The highest BCUT2D eigenvalue weighted by molar-refractivity contribution is 8.00. The Hall–Kier alpha value is -2.34. The summed E-state index contributed by atoms with van der Waals surface area (Å²) in [5.41, 5.74) is 3.00. The first-order valence-corrected chi connectivity index (χ1v) is 9.96. The van der Waals surface area contributed by atoms with E-state index in [2.05, 4.69) is 23.6 Å². The summed E-state index contributed by atoms with van der Waals surface area (Å²) < 4.78 is 4.82. The molecule has 0 fully saturated rings. The zero-order valence-electron chi connectivity index (χ0n) is 15.5. The number of anilines is 1. The van der Waals surface area contributed by atoms with Gasteiger partial charge < -0.3 is 4.57 Å². The topological polar surface area (TPSA) is 59.8 Å². The van der Waals surface area contributed by atoms with Crippen LogP contribution in [0.15, 0.2) is 41.5 Å². The molecule has 0 unspecified atom stereocenters. The van der Waals surface area contributed by atoms with Gasteiger partial charge >= 0.3 is 0 Å². The lowest BCUT2D eigenvalue weighted by Crippen LogP contribution is -2.17. The van der Waals surface area contributed by atoms with Crippen molar-refractivity contribution in [3.8, 4) is 11.3 Å². The standard InChI is InChI=1S/C20H24N4OS/c1-4-6-9-14-12-21-20(23-26-5-2)22-18(14)17-13-24(3)19(25)16-11-8-7-10-15(16)17/h7-8,10-13H,4-6,9H2,1-3H3,(H,21,22,23). The van der Waals surface area contributed by atoms with Crippen molar-refractivity contribution in [2.24, 2.45) is 7.05 Å². The highest BCUT2D eigenvalue weighted by atomic mass is 32.2. The second-order valence-electron chi connectivity index (χ2n) is 6.21. The van der Waals surface area contributed by atoms with E-state index >= 15 is 0 Å². The van der Waals surface area contributed by atoms with E-state index in [4.69, 9.17) is 4.98 Å². The molecular weight excluding hydrogens is 344 g/mol. The van der Waals surface area contributed by atoms with E-state index in [0.29, 0.717) is 11.3 Å². The summed E-state index contributed by atoms with van der Waals surface area (Å²) >= 11 is 1.57. The fourth-order valence-corrected chi connectivity index (χ4v) is 3.35. The van der Waals surface area contributed by atoms with Crippen molar-refractivity contribution >= 4 is 28.7 Å². The molecule has 2 heterocycles. The summed E-state index contributed by atoms with van der Waals surface area (Å²) in [5.74, 6) is 1.53. The van der Waals surface area contributed by atoms with Gasteiger partial charge in [-0.1, -0.05) is 50.4 Å². The van der Waals surface area contributed by atoms with Gasteiger partial charge in [-0.15, -0.1) is 0 Å². The molecule has 6 heteroatoms. The zero-order chi connectivity index (χ0) is 18.5. The van der Waals surface area contributed by atoms with Crippen molar-refractivity contribution in [3.63, 3.8) is 0 Å². The minimum atomic E-state index is 0.00778. The average molecular weight is 369 g/mol. The van der Waals surface area contributed by atoms with E-state index in [0.717, 1.165) is 47.2 Å². The smallest absolute Gasteiger partial charge is 0.258 e. The maximum absolute atomic E-state index is 12.5. The molecule has 0 atom stereocenters. The molecule has 5 nitrogen and oxygen atoms in total. The number of aryl methyl sites for hydroxylation is 2. The number of nitrogens with zero attached hydrogens (tertiary/aromatic N) is 3. The number of benzene rings is 1. The third-order valence-corrected chi connectivity index (χ3v) is 4.93. The Morgan fingerprint density at radius 2 is 1.96 bits per heavy atom. The van der Waals surface area contributed by atoms with E-state index in [9.17, 15) is 4.79 Å². The van der Waals surface area contributed by atoms with Crippen LogP contribution in [0.4, 0.5) is 5.95 Å². The molecule has 2 aromatic heterocycles. The first kappa shape index (κ1) is 18.5. The minimum absolute atomic E-state index is 0.00778. The normalized spacial score (nSPS) is 11.0. The van der Waals surface area contributed by atoms with Crippen molar-refractivity contribution < 1.29 is 0 Å². The second kappa shape index (κ2) is 8.36. The molecule has 0 saturated heterocycles. The lowest BCUT2D eigenvalue weighted by molar-refractivity contribution is 0.789. The predicted molar refractivity (Wildman–Crippen MR) is 111 cm³/mol. The largest absolute Gasteiger partial charge is 0.317 e. The molecule has 0 saturated carbocycles. The third kappa shape index (κ3) is 3.75. The van der Waals surface area contributed by atoms with E-state index in [-0.39, 0.29) is 5.56 Å². The van der Waals surface area contributed by atoms with Crippen molar-refractivity contribution in [3.05, 3.63) is 52.6 Å². The Morgan fingerprint density at radius 3 is 2.69 bits per heavy atom. The molecule has 26 heavy (non-hydrogen) atoms. The summed E-state index contributed by atoms with van der Waals surface area (Å²) in [6.07, 6.45) is 6.91. The molecule has 136 valence electrons. The van der Waals surface area contributed by atoms with Crippen molar-refractivity contribution in [1.82, 2.24) is 14.5 Å². The first-order valence-electron chi connectivity index (χ1n) is 8.98. The molecule has 0 amide bonds. The highest BCUT2D eigenvalue weighted by Crippen LogP contribution is 2.29. The lowest BCUT2D eigenvalue weighted by Gasteiger charge is -2.14. The van der Waals surface area contributed by atoms with E-state index in [1.165, 1.54) is 0 Å². The van der Waals surface area contributed by atoms with Crippen molar-refractivity contribution in [2.75, 3.05) is 10.5 Å². The van der Waals surface area contributed by atoms with Gasteiger partial charge in [0, 0.05) is 36.1 Å². The van der Waals surface area contributed by atoms with Crippen LogP contribution < -0.4 is 10.3 Å². The number of unbranched alkanes of at least 4 members (excludes halogenated alkanes) is 1. The van der Waals surface area contributed by atoms with Crippen molar-refractivity contribution in [2.45, 2.75) is 33.1 Å². The maximum atomic E-state index is 12.5. The summed E-state index contributed by atoms with van der Waals surface area (Å²) in [5, 5.41) is 1.64. The molecule has 0 aliphatic heterocycles. The SMILES string of the molecule is CCCCc1cnc(NSCC)nc1-c1cn(C)c(=O)c2ccccc12. The van der Waals surface area contributed by atoms with Crippen LogP contribution in [-0.2, 0) is 13.5 Å². The Morgan fingerprint density at radius 1 is 1.19 bits per heavy atom. The molecule has 0 radical (unpaired) electrons. The Labute approximate surface area is 158 Å². The fourth-order valence-electron chi connectivity index (χ4n) is 2.98. The molecule has 1 aromatic carbocycles. The molecule has 0 spiro atoms. The highest BCUT2D eigenvalue weighted by Gasteiger charge is 2.15. The van der Waals surface area contributed by atoms with Gasteiger partial charge in [0.25, 0.3) is 5.56 Å². The maximum Gasteiger partial charge on any atom is 0.258 e. The van der Waals surface area contributed by atoms with Crippen LogP contribution in [-0.4, -0.2) is 20.3 Å². The quantitative estimate of drug-likeness (QED) is 0.626. The predicted octanol–water partition coefficient (Wildman–Crippen LogP) is 4.42. The van der Waals surface area contributed by atoms with Crippen LogP contribution in [0.2, 0.25) is 0 Å². The van der Waals surface area contributed by atoms with Crippen LogP contribution in [0.3, 0.4) is 0 Å². The van der Waals surface area contributed by atoms with Gasteiger partial charge in [-0.3, -0.25) is 9.52 Å². The fraction of sp³-hybridized carbons (Fsp3) is 0.350. The van der Waals surface area contributed by atoms with Gasteiger partial charge in [0.1, 0.15) is 0 Å². The Kier molecular flexibility index (Phi) is 5.93. The Balaban J connectivity index is 2.22. The second-order valence-corrected chi connectivity index (χ2v) is 7.28. The molecule has 3 aromatic rings. The van der Waals surface area contributed by atoms with Crippen LogP contribution in [0.25, 0.3) is 22.0 Å². The van der Waals surface area contributed by atoms with E-state index in [1.54, 1.807) is 23.6 Å². The average Bonchev–Trinajstić information content (AvgIpc) is 2.68. The van der Waals surface area contributed by atoms with Crippen LogP contribution in [0.1, 0.15) is 32.3 Å². The first-order chi connectivity index (χ1) is 12.7. The van der Waals surface area contributed by atoms with Gasteiger partial charge in [0.15, 0.2) is 0 Å². The van der Waals surface area contributed by atoms with Crippen LogP contribution >= 0.6 is 11.9 Å². The molecule has 0 aliphatic rings. The summed E-state index contributed by atoms with van der Waals surface area (Å²) in [6, 6.07) is 7.73. The molecule has 0 aliphatic carbocycles. The van der Waals surface area contributed by atoms with Gasteiger partial charge in [0.2, 0.25) is 5.95 Å². The zero-order valence-corrected chi connectivity index (χ0v) is 16.3. The van der Waals surface area contributed by atoms with E-state index < -0.39 is 0 Å².